The van der Waals surface area contributed by atoms with Gasteiger partial charge in [0.25, 0.3) is 5.56 Å². The van der Waals surface area contributed by atoms with Crippen LogP contribution in [0.4, 0.5) is 0 Å². The van der Waals surface area contributed by atoms with Gasteiger partial charge in [0, 0.05) is 6.20 Å². The molecule has 5 aromatic rings. The lowest BCUT2D eigenvalue weighted by Crippen LogP contribution is -2.30. The predicted octanol–water partition coefficient (Wildman–Crippen LogP) is 3.32. The molecule has 33 heavy (non-hydrogen) atoms. The molecule has 8 heteroatoms. The van der Waals surface area contributed by atoms with Crippen molar-refractivity contribution in [1.29, 1.82) is 5.41 Å². The molecule has 7 nitrogen and oxygen atoms in total. The molecule has 0 fully saturated rings. The topological polar surface area (TPSA) is 97.3 Å². The smallest absolute Gasteiger partial charge is 0.267 e. The monoisotopic (exact) mass is 456 g/mol. The second kappa shape index (κ2) is 7.83. The predicted molar refractivity (Wildman–Crippen MR) is 125 cm³/mol. The summed E-state index contributed by atoms with van der Waals surface area (Å²) >= 11 is 0. The molecule has 2 aromatic carbocycles. The maximum absolute atomic E-state index is 13.5. The number of hydrogen-bond acceptors (Lipinski definition) is 5. The highest BCUT2D eigenvalue weighted by molar-refractivity contribution is 7.91. The van der Waals surface area contributed by atoms with Crippen molar-refractivity contribution >= 4 is 26.5 Å². The molecular formula is C25H20N4O3S. The summed E-state index contributed by atoms with van der Waals surface area (Å²) in [4.78, 5) is 17.9. The first-order valence-corrected chi connectivity index (χ1v) is 11.8. The summed E-state index contributed by atoms with van der Waals surface area (Å²) < 4.78 is 29.8. The number of rotatable bonds is 4. The van der Waals surface area contributed by atoms with E-state index in [4.69, 9.17) is 5.41 Å². The van der Waals surface area contributed by atoms with Crippen molar-refractivity contribution in [2.24, 2.45) is 0 Å². The zero-order valence-electron chi connectivity index (χ0n) is 17.8. The van der Waals surface area contributed by atoms with E-state index in [-0.39, 0.29) is 38.4 Å². The molecule has 0 bridgehead atoms. The Morgan fingerprint density at radius 3 is 2.30 bits per heavy atom. The van der Waals surface area contributed by atoms with Crippen LogP contribution in [0, 0.1) is 12.3 Å². The minimum Gasteiger partial charge on any atom is -0.305 e. The third-order valence-electron chi connectivity index (χ3n) is 5.55. The molecule has 0 unspecified atom stereocenters. The maximum atomic E-state index is 13.5. The van der Waals surface area contributed by atoms with Crippen LogP contribution in [0.1, 0.15) is 11.1 Å². The van der Waals surface area contributed by atoms with E-state index in [0.717, 1.165) is 11.1 Å². The maximum Gasteiger partial charge on any atom is 0.267 e. The number of aryl methyl sites for hydroxylation is 1. The van der Waals surface area contributed by atoms with Crippen molar-refractivity contribution in [1.82, 2.24) is 14.0 Å². The zero-order chi connectivity index (χ0) is 23.2. The zero-order valence-corrected chi connectivity index (χ0v) is 18.6. The van der Waals surface area contributed by atoms with E-state index in [1.54, 1.807) is 30.5 Å². The molecule has 3 heterocycles. The highest BCUT2D eigenvalue weighted by atomic mass is 32.2. The van der Waals surface area contributed by atoms with Crippen molar-refractivity contribution in [3.05, 3.63) is 112 Å². The minimum absolute atomic E-state index is 0.0637. The second-order valence-electron chi connectivity index (χ2n) is 7.83. The molecule has 0 spiro atoms. The van der Waals surface area contributed by atoms with Gasteiger partial charge in [-0.15, -0.1) is 0 Å². The van der Waals surface area contributed by atoms with Crippen molar-refractivity contribution in [3.63, 3.8) is 0 Å². The number of benzene rings is 2. The Kier molecular flexibility index (Phi) is 4.94. The van der Waals surface area contributed by atoms with Crippen LogP contribution < -0.4 is 11.0 Å². The number of fused-ring (bicyclic) bond motifs is 2. The van der Waals surface area contributed by atoms with E-state index in [2.05, 4.69) is 4.98 Å². The molecule has 1 N–H and O–H groups in total. The van der Waals surface area contributed by atoms with Crippen molar-refractivity contribution < 1.29 is 8.42 Å². The van der Waals surface area contributed by atoms with E-state index in [1.165, 1.54) is 27.2 Å². The van der Waals surface area contributed by atoms with Gasteiger partial charge in [0.1, 0.15) is 21.7 Å². The Bertz CT molecular complexity index is 1740. The normalized spacial score (nSPS) is 11.8. The summed E-state index contributed by atoms with van der Waals surface area (Å²) in [5.74, 6) is 0. The van der Waals surface area contributed by atoms with Gasteiger partial charge in [-0.1, -0.05) is 54.6 Å². The third-order valence-corrected chi connectivity index (χ3v) is 7.33. The molecule has 3 aromatic heterocycles. The molecule has 0 aliphatic rings. The van der Waals surface area contributed by atoms with Crippen molar-refractivity contribution in [3.8, 4) is 0 Å². The second-order valence-corrected chi connectivity index (χ2v) is 9.75. The van der Waals surface area contributed by atoms with Gasteiger partial charge in [-0.05, 0) is 42.3 Å². The summed E-state index contributed by atoms with van der Waals surface area (Å²) in [7, 11) is -4.04. The highest BCUT2D eigenvalue weighted by Gasteiger charge is 2.24. The van der Waals surface area contributed by atoms with Gasteiger partial charge in [0.15, 0.2) is 0 Å². The van der Waals surface area contributed by atoms with E-state index in [1.807, 2.05) is 43.3 Å². The van der Waals surface area contributed by atoms with Gasteiger partial charge in [0.2, 0.25) is 9.84 Å². The van der Waals surface area contributed by atoms with Crippen LogP contribution >= 0.6 is 0 Å². The van der Waals surface area contributed by atoms with Gasteiger partial charge >= 0.3 is 0 Å². The minimum atomic E-state index is -4.04. The van der Waals surface area contributed by atoms with Crippen LogP contribution in [0.25, 0.3) is 16.7 Å². The number of nitrogens with zero attached hydrogens (tertiary/aromatic N) is 3. The van der Waals surface area contributed by atoms with Crippen LogP contribution in [-0.4, -0.2) is 22.4 Å². The average molecular weight is 457 g/mol. The Balaban J connectivity index is 1.90. The molecular weight excluding hydrogens is 436 g/mol. The molecule has 0 aliphatic carbocycles. The van der Waals surface area contributed by atoms with Crippen LogP contribution in [0.5, 0.6) is 0 Å². The fraction of sp³-hybridized carbons (Fsp3) is 0.0800. The SMILES string of the molecule is Cc1ccc2nc3c(cc(S(=O)(=O)c4ccccc4)c(=N)n3Cc3ccccc3)c(=O)n2c1. The molecule has 0 aliphatic heterocycles. The summed E-state index contributed by atoms with van der Waals surface area (Å²) in [6, 6.07) is 22.2. The first-order valence-electron chi connectivity index (χ1n) is 10.3. The fourth-order valence-corrected chi connectivity index (χ4v) is 5.28. The van der Waals surface area contributed by atoms with Gasteiger partial charge in [0.05, 0.1) is 16.8 Å². The van der Waals surface area contributed by atoms with E-state index in [9.17, 15) is 13.2 Å². The van der Waals surface area contributed by atoms with E-state index < -0.39 is 9.84 Å². The lowest BCUT2D eigenvalue weighted by atomic mass is 10.2. The average Bonchev–Trinajstić information content (AvgIpc) is 2.82. The van der Waals surface area contributed by atoms with E-state index >= 15 is 0 Å². The van der Waals surface area contributed by atoms with Crippen LogP contribution in [0.15, 0.2) is 99.6 Å². The van der Waals surface area contributed by atoms with Gasteiger partial charge < -0.3 is 4.57 Å². The number of aromatic nitrogens is 3. The number of sulfone groups is 1. The van der Waals surface area contributed by atoms with Crippen LogP contribution in [-0.2, 0) is 16.4 Å². The first-order chi connectivity index (χ1) is 15.9. The van der Waals surface area contributed by atoms with Gasteiger partial charge in [-0.3, -0.25) is 14.6 Å². The number of nitrogens with one attached hydrogen (secondary N) is 1. The van der Waals surface area contributed by atoms with Crippen molar-refractivity contribution in [2.75, 3.05) is 0 Å². The van der Waals surface area contributed by atoms with Crippen LogP contribution in [0.2, 0.25) is 0 Å². The van der Waals surface area contributed by atoms with E-state index in [0.29, 0.717) is 5.65 Å². The summed E-state index contributed by atoms with van der Waals surface area (Å²) in [5, 5.41) is 8.97. The fourth-order valence-electron chi connectivity index (χ4n) is 3.87. The molecule has 0 radical (unpaired) electrons. The molecule has 0 atom stereocenters. The largest absolute Gasteiger partial charge is 0.305 e. The summed E-state index contributed by atoms with van der Waals surface area (Å²) in [5.41, 5.74) is 1.82. The van der Waals surface area contributed by atoms with Crippen molar-refractivity contribution in [2.45, 2.75) is 23.3 Å². The molecule has 0 saturated carbocycles. The summed E-state index contributed by atoms with van der Waals surface area (Å²) in [6.45, 7) is 2.06. The number of pyridine rings is 2. The highest BCUT2D eigenvalue weighted by Crippen LogP contribution is 2.21. The molecule has 164 valence electrons. The lowest BCUT2D eigenvalue weighted by molar-refractivity contribution is 0.591. The Morgan fingerprint density at radius 1 is 0.939 bits per heavy atom. The Labute approximate surface area is 189 Å². The molecule has 0 saturated heterocycles. The standard InChI is InChI=1S/C25H20N4O3S/c1-17-12-13-22-27-24-20(25(30)28(22)15-17)14-21(33(31,32)19-10-6-3-7-11-19)23(26)29(24)16-18-8-4-2-5-9-18/h2-15,26H,16H2,1H3. The quantitative estimate of drug-likeness (QED) is 0.420. The molecule has 0 amide bonds. The first kappa shape index (κ1) is 20.8. The molecule has 5 rings (SSSR count). The lowest BCUT2D eigenvalue weighted by Gasteiger charge is -2.15. The number of hydrogen-bond donors (Lipinski definition) is 1. The van der Waals surface area contributed by atoms with Crippen LogP contribution in [0.3, 0.4) is 0 Å². The Hall–Kier alpha value is -4.04. The van der Waals surface area contributed by atoms with Gasteiger partial charge in [-0.2, -0.15) is 0 Å². The summed E-state index contributed by atoms with van der Waals surface area (Å²) in [6.07, 6.45) is 1.67. The van der Waals surface area contributed by atoms with Gasteiger partial charge in [-0.25, -0.2) is 13.4 Å². The third kappa shape index (κ3) is 3.54. The Morgan fingerprint density at radius 2 is 1.61 bits per heavy atom.